The summed E-state index contributed by atoms with van der Waals surface area (Å²) >= 11 is 0. The minimum Gasteiger partial charge on any atom is -0.310 e. The van der Waals surface area contributed by atoms with Crippen LogP contribution < -0.4 is 5.32 Å². The second kappa shape index (κ2) is 3.93. The molecule has 0 aromatic carbocycles. The Labute approximate surface area is 87.0 Å². The Hall–Kier alpha value is -0.300. The maximum Gasteiger partial charge on any atom is 0.390 e. The summed E-state index contributed by atoms with van der Waals surface area (Å²) in [5.41, 5.74) is -0.690. The van der Waals surface area contributed by atoms with Crippen LogP contribution in [0.5, 0.6) is 0 Å². The molecule has 1 heterocycles. The fourth-order valence-corrected chi connectivity index (χ4v) is 3.78. The Morgan fingerprint density at radius 2 is 2.00 bits per heavy atom. The molecule has 0 bridgehead atoms. The van der Waals surface area contributed by atoms with Gasteiger partial charge in [-0.25, -0.2) is 8.42 Å². The van der Waals surface area contributed by atoms with Gasteiger partial charge in [-0.15, -0.1) is 0 Å². The van der Waals surface area contributed by atoms with Gasteiger partial charge in [-0.3, -0.25) is 0 Å². The van der Waals surface area contributed by atoms with E-state index < -0.39 is 28.0 Å². The molecule has 0 amide bonds. The highest BCUT2D eigenvalue weighted by Crippen LogP contribution is 2.24. The van der Waals surface area contributed by atoms with Crippen molar-refractivity contribution in [3.8, 4) is 0 Å². The van der Waals surface area contributed by atoms with Gasteiger partial charge in [-0.2, -0.15) is 13.2 Å². The molecule has 0 saturated carbocycles. The quantitative estimate of drug-likeness (QED) is 0.810. The molecule has 3 nitrogen and oxygen atoms in total. The normalized spacial score (nSPS) is 30.7. The molecule has 0 radical (unpaired) electrons. The van der Waals surface area contributed by atoms with E-state index in [-0.39, 0.29) is 18.1 Å². The fourth-order valence-electron chi connectivity index (χ4n) is 1.66. The summed E-state index contributed by atoms with van der Waals surface area (Å²) in [6, 6.07) is 0. The SMILES string of the molecule is CC1(NCCC(F)(F)F)CCS(=O)(=O)C1. The molecule has 1 aliphatic rings. The number of sulfone groups is 1. The predicted molar refractivity (Wildman–Crippen MR) is 50.4 cm³/mol. The van der Waals surface area contributed by atoms with Crippen molar-refractivity contribution >= 4 is 9.84 Å². The van der Waals surface area contributed by atoms with Crippen LogP contribution in [0.3, 0.4) is 0 Å². The number of halogens is 3. The average molecular weight is 245 g/mol. The van der Waals surface area contributed by atoms with Gasteiger partial charge in [0.15, 0.2) is 9.84 Å². The topological polar surface area (TPSA) is 46.2 Å². The third-order valence-electron chi connectivity index (χ3n) is 2.46. The zero-order chi connectivity index (χ0) is 11.7. The highest BCUT2D eigenvalue weighted by Gasteiger charge is 2.38. The molecule has 0 aromatic heterocycles. The van der Waals surface area contributed by atoms with Gasteiger partial charge in [0.1, 0.15) is 0 Å². The lowest BCUT2D eigenvalue weighted by molar-refractivity contribution is -0.134. The summed E-state index contributed by atoms with van der Waals surface area (Å²) in [6.45, 7) is 1.42. The molecule has 7 heteroatoms. The van der Waals surface area contributed by atoms with Crippen molar-refractivity contribution in [2.75, 3.05) is 18.1 Å². The van der Waals surface area contributed by atoms with Crippen molar-refractivity contribution in [1.82, 2.24) is 5.32 Å². The molecule has 1 fully saturated rings. The molecular formula is C8H14F3NO2S. The molecule has 1 aliphatic heterocycles. The molecule has 0 aromatic rings. The van der Waals surface area contributed by atoms with Gasteiger partial charge >= 0.3 is 6.18 Å². The molecule has 1 saturated heterocycles. The summed E-state index contributed by atoms with van der Waals surface area (Å²) < 4.78 is 57.8. The maximum absolute atomic E-state index is 11.8. The van der Waals surface area contributed by atoms with Crippen LogP contribution in [0.2, 0.25) is 0 Å². The molecule has 0 spiro atoms. The summed E-state index contributed by atoms with van der Waals surface area (Å²) in [5.74, 6) is -0.0135. The Kier molecular flexibility index (Phi) is 3.35. The maximum atomic E-state index is 11.8. The number of nitrogens with one attached hydrogen (secondary N) is 1. The largest absolute Gasteiger partial charge is 0.390 e. The molecular weight excluding hydrogens is 231 g/mol. The minimum atomic E-state index is -4.19. The van der Waals surface area contributed by atoms with Crippen molar-refractivity contribution in [1.29, 1.82) is 0 Å². The summed E-state index contributed by atoms with van der Waals surface area (Å²) in [7, 11) is -3.06. The number of hydrogen-bond acceptors (Lipinski definition) is 3. The lowest BCUT2D eigenvalue weighted by Crippen LogP contribution is -2.44. The first-order valence-corrected chi connectivity index (χ1v) is 6.46. The number of rotatable bonds is 3. The van der Waals surface area contributed by atoms with E-state index in [1.807, 2.05) is 0 Å². The van der Waals surface area contributed by atoms with Crippen LogP contribution in [0.25, 0.3) is 0 Å². The van der Waals surface area contributed by atoms with Crippen molar-refractivity contribution in [2.45, 2.75) is 31.5 Å². The van der Waals surface area contributed by atoms with Gasteiger partial charge in [0.2, 0.25) is 0 Å². The summed E-state index contributed by atoms with van der Waals surface area (Å²) in [5, 5.41) is 2.67. The van der Waals surface area contributed by atoms with E-state index in [1.54, 1.807) is 6.92 Å². The highest BCUT2D eigenvalue weighted by molar-refractivity contribution is 7.91. The van der Waals surface area contributed by atoms with Gasteiger partial charge in [-0.05, 0) is 13.3 Å². The second-order valence-corrected chi connectivity index (χ2v) is 6.38. The summed E-state index contributed by atoms with van der Waals surface area (Å²) in [6.07, 6.45) is -4.74. The van der Waals surface area contributed by atoms with E-state index in [9.17, 15) is 21.6 Å². The van der Waals surface area contributed by atoms with Crippen LogP contribution >= 0.6 is 0 Å². The van der Waals surface area contributed by atoms with Gasteiger partial charge in [0, 0.05) is 12.1 Å². The van der Waals surface area contributed by atoms with Crippen molar-refractivity contribution < 1.29 is 21.6 Å². The Morgan fingerprint density at radius 1 is 1.40 bits per heavy atom. The first-order valence-electron chi connectivity index (χ1n) is 4.64. The van der Waals surface area contributed by atoms with Crippen molar-refractivity contribution in [3.63, 3.8) is 0 Å². The standard InChI is InChI=1S/C8H14F3NO2S/c1-7(3-5-15(13,14)6-7)12-4-2-8(9,10)11/h12H,2-6H2,1H3. The van der Waals surface area contributed by atoms with Crippen LogP contribution in [0.15, 0.2) is 0 Å². The zero-order valence-electron chi connectivity index (χ0n) is 8.39. The van der Waals surface area contributed by atoms with E-state index in [1.165, 1.54) is 0 Å². The van der Waals surface area contributed by atoms with E-state index in [2.05, 4.69) is 5.32 Å². The lowest BCUT2D eigenvalue weighted by atomic mass is 10.0. The van der Waals surface area contributed by atoms with Gasteiger partial charge in [0.25, 0.3) is 0 Å². The fraction of sp³-hybridized carbons (Fsp3) is 1.00. The van der Waals surface area contributed by atoms with Crippen molar-refractivity contribution in [3.05, 3.63) is 0 Å². The second-order valence-electron chi connectivity index (χ2n) is 4.19. The Morgan fingerprint density at radius 3 is 2.40 bits per heavy atom. The van der Waals surface area contributed by atoms with E-state index in [0.717, 1.165) is 0 Å². The zero-order valence-corrected chi connectivity index (χ0v) is 9.21. The van der Waals surface area contributed by atoms with Crippen LogP contribution in [0.1, 0.15) is 19.8 Å². The Bertz CT molecular complexity index is 325. The van der Waals surface area contributed by atoms with E-state index in [4.69, 9.17) is 0 Å². The lowest BCUT2D eigenvalue weighted by Gasteiger charge is -2.24. The average Bonchev–Trinajstić information content (AvgIpc) is 2.23. The smallest absolute Gasteiger partial charge is 0.310 e. The van der Waals surface area contributed by atoms with Crippen LogP contribution in [-0.4, -0.2) is 38.2 Å². The van der Waals surface area contributed by atoms with Crippen LogP contribution in [0, 0.1) is 0 Å². The van der Waals surface area contributed by atoms with Gasteiger partial charge in [0.05, 0.1) is 17.9 Å². The molecule has 1 rings (SSSR count). The highest BCUT2D eigenvalue weighted by atomic mass is 32.2. The molecule has 0 aliphatic carbocycles. The van der Waals surface area contributed by atoms with Gasteiger partial charge in [-0.1, -0.05) is 0 Å². The van der Waals surface area contributed by atoms with E-state index in [0.29, 0.717) is 6.42 Å². The predicted octanol–water partition coefficient (Wildman–Crippen LogP) is 1.11. The van der Waals surface area contributed by atoms with Crippen LogP contribution in [0.4, 0.5) is 13.2 Å². The van der Waals surface area contributed by atoms with Gasteiger partial charge < -0.3 is 5.32 Å². The molecule has 1 atom stereocenters. The molecule has 1 unspecified atom stereocenters. The van der Waals surface area contributed by atoms with Crippen LogP contribution in [-0.2, 0) is 9.84 Å². The molecule has 1 N–H and O–H groups in total. The third kappa shape index (κ3) is 4.38. The minimum absolute atomic E-state index is 0.0581. The molecule has 15 heavy (non-hydrogen) atoms. The number of alkyl halides is 3. The summed E-state index contributed by atoms with van der Waals surface area (Å²) in [4.78, 5) is 0. The number of hydrogen-bond donors (Lipinski definition) is 1. The first kappa shape index (κ1) is 12.8. The first-order chi connectivity index (χ1) is 6.62. The monoisotopic (exact) mass is 245 g/mol. The molecule has 90 valence electrons. The third-order valence-corrected chi connectivity index (χ3v) is 4.37. The Balaban J connectivity index is 2.40. The van der Waals surface area contributed by atoms with E-state index >= 15 is 0 Å². The van der Waals surface area contributed by atoms with Crippen molar-refractivity contribution in [2.24, 2.45) is 0 Å².